The Balaban J connectivity index is 1.74. The summed E-state index contributed by atoms with van der Waals surface area (Å²) >= 11 is 0. The summed E-state index contributed by atoms with van der Waals surface area (Å²) in [5.41, 5.74) is 1.60. The molecule has 0 bridgehead atoms. The lowest BCUT2D eigenvalue weighted by atomic mass is 9.83. The van der Waals surface area contributed by atoms with Crippen LogP contribution < -0.4 is 20.1 Å². The number of hydrogen-bond acceptors (Lipinski definition) is 4. The van der Waals surface area contributed by atoms with Gasteiger partial charge in [-0.3, -0.25) is 4.99 Å². The molecule has 0 heterocycles. The number of hydrogen-bond donors (Lipinski definition) is 2. The van der Waals surface area contributed by atoms with Crippen molar-refractivity contribution in [2.75, 3.05) is 47.6 Å². The normalized spacial score (nSPS) is 15.9. The largest absolute Gasteiger partial charge is 0.493 e. The lowest BCUT2D eigenvalue weighted by molar-refractivity contribution is 0.105. The molecule has 1 aliphatic rings. The van der Waals surface area contributed by atoms with E-state index >= 15 is 0 Å². The maximum atomic E-state index is 5.62. The third kappa shape index (κ3) is 7.42. The van der Waals surface area contributed by atoms with Crippen LogP contribution in [-0.2, 0) is 11.2 Å². The molecular weight excluding hydrogens is 366 g/mol. The fourth-order valence-electron chi connectivity index (χ4n) is 4.10. The third-order valence-electron chi connectivity index (χ3n) is 5.88. The maximum Gasteiger partial charge on any atom is 0.190 e. The van der Waals surface area contributed by atoms with Gasteiger partial charge in [0.15, 0.2) is 17.5 Å². The molecule has 0 aromatic heterocycles. The van der Waals surface area contributed by atoms with E-state index in [2.05, 4.69) is 28.6 Å². The molecule has 1 aliphatic carbocycles. The van der Waals surface area contributed by atoms with Crippen LogP contribution in [0.5, 0.6) is 11.5 Å². The Kier molecular flexibility index (Phi) is 10.1. The van der Waals surface area contributed by atoms with E-state index in [-0.39, 0.29) is 0 Å². The predicted octanol–water partition coefficient (Wildman–Crippen LogP) is 3.79. The Labute approximate surface area is 176 Å². The molecule has 0 spiro atoms. The van der Waals surface area contributed by atoms with Gasteiger partial charge in [-0.25, -0.2) is 0 Å². The van der Waals surface area contributed by atoms with Gasteiger partial charge < -0.3 is 24.8 Å². The van der Waals surface area contributed by atoms with Crippen molar-refractivity contribution in [2.24, 2.45) is 10.4 Å². The second-order valence-electron chi connectivity index (χ2n) is 7.80. The van der Waals surface area contributed by atoms with Crippen LogP contribution in [0.1, 0.15) is 51.0 Å². The standard InChI is InChI=1S/C23H39N3O3/c1-5-29-16-14-23(12-6-7-13-23)18-26-22(24-2)25-15-8-9-19-10-11-20(27-3)21(17-19)28-4/h10-11,17H,5-9,12-16,18H2,1-4H3,(H2,24,25,26). The molecule has 0 amide bonds. The highest BCUT2D eigenvalue weighted by Crippen LogP contribution is 2.40. The van der Waals surface area contributed by atoms with E-state index in [1.54, 1.807) is 14.2 Å². The van der Waals surface area contributed by atoms with E-state index in [0.29, 0.717) is 5.41 Å². The molecule has 1 saturated carbocycles. The molecule has 29 heavy (non-hydrogen) atoms. The van der Waals surface area contributed by atoms with Crippen molar-refractivity contribution in [1.82, 2.24) is 10.6 Å². The summed E-state index contributed by atoms with van der Waals surface area (Å²) in [6, 6.07) is 6.11. The number of nitrogens with zero attached hydrogens (tertiary/aromatic N) is 1. The Morgan fingerprint density at radius 3 is 2.52 bits per heavy atom. The first kappa shape index (κ1) is 23.3. The van der Waals surface area contributed by atoms with Crippen molar-refractivity contribution in [2.45, 2.75) is 51.9 Å². The summed E-state index contributed by atoms with van der Waals surface area (Å²) in [7, 11) is 5.17. The average Bonchev–Trinajstić information content (AvgIpc) is 3.22. The summed E-state index contributed by atoms with van der Waals surface area (Å²) < 4.78 is 16.3. The van der Waals surface area contributed by atoms with Crippen LogP contribution in [0, 0.1) is 5.41 Å². The Hall–Kier alpha value is -1.95. The first-order chi connectivity index (χ1) is 14.2. The zero-order chi connectivity index (χ0) is 21.0. The minimum absolute atomic E-state index is 0.354. The minimum atomic E-state index is 0.354. The summed E-state index contributed by atoms with van der Waals surface area (Å²) in [5.74, 6) is 2.44. The van der Waals surface area contributed by atoms with E-state index in [9.17, 15) is 0 Å². The van der Waals surface area contributed by atoms with Crippen molar-refractivity contribution < 1.29 is 14.2 Å². The molecule has 1 aromatic carbocycles. The van der Waals surface area contributed by atoms with Crippen LogP contribution in [-0.4, -0.2) is 53.5 Å². The number of benzene rings is 1. The second-order valence-corrected chi connectivity index (χ2v) is 7.80. The number of nitrogens with one attached hydrogen (secondary N) is 2. The van der Waals surface area contributed by atoms with Crippen molar-refractivity contribution in [3.8, 4) is 11.5 Å². The van der Waals surface area contributed by atoms with Crippen molar-refractivity contribution in [3.63, 3.8) is 0 Å². The Morgan fingerprint density at radius 1 is 1.10 bits per heavy atom. The predicted molar refractivity (Wildman–Crippen MR) is 119 cm³/mol. The summed E-state index contributed by atoms with van der Waals surface area (Å²) in [6.45, 7) is 5.56. The number of aliphatic imine (C=N–C) groups is 1. The summed E-state index contributed by atoms with van der Waals surface area (Å²) in [5, 5.41) is 7.01. The van der Waals surface area contributed by atoms with Gasteiger partial charge in [0.05, 0.1) is 14.2 Å². The van der Waals surface area contributed by atoms with Crippen molar-refractivity contribution >= 4 is 5.96 Å². The van der Waals surface area contributed by atoms with Gasteiger partial charge >= 0.3 is 0 Å². The molecule has 0 atom stereocenters. The lowest BCUT2D eigenvalue weighted by Crippen LogP contribution is -2.43. The molecule has 0 radical (unpaired) electrons. The quantitative estimate of drug-likeness (QED) is 0.315. The molecule has 1 fully saturated rings. The highest BCUT2D eigenvalue weighted by molar-refractivity contribution is 5.79. The van der Waals surface area contributed by atoms with E-state index in [1.165, 1.54) is 31.2 Å². The molecule has 0 unspecified atom stereocenters. The van der Waals surface area contributed by atoms with E-state index < -0.39 is 0 Å². The first-order valence-corrected chi connectivity index (χ1v) is 10.9. The molecule has 2 rings (SSSR count). The van der Waals surface area contributed by atoms with Crippen LogP contribution in [0.25, 0.3) is 0 Å². The van der Waals surface area contributed by atoms with Gasteiger partial charge in [0.25, 0.3) is 0 Å². The number of aryl methyl sites for hydroxylation is 1. The molecule has 0 aliphatic heterocycles. The van der Waals surface area contributed by atoms with Gasteiger partial charge in [0, 0.05) is 33.4 Å². The van der Waals surface area contributed by atoms with Crippen LogP contribution in [0.2, 0.25) is 0 Å². The number of rotatable bonds is 12. The van der Waals surface area contributed by atoms with Gasteiger partial charge in [-0.2, -0.15) is 0 Å². The van der Waals surface area contributed by atoms with Crippen LogP contribution in [0.15, 0.2) is 23.2 Å². The summed E-state index contributed by atoms with van der Waals surface area (Å²) in [4.78, 5) is 4.40. The fourth-order valence-corrected chi connectivity index (χ4v) is 4.10. The van der Waals surface area contributed by atoms with E-state index in [1.807, 2.05) is 19.2 Å². The topological polar surface area (TPSA) is 64.1 Å². The highest BCUT2D eigenvalue weighted by atomic mass is 16.5. The van der Waals surface area contributed by atoms with Gasteiger partial charge in [-0.15, -0.1) is 0 Å². The monoisotopic (exact) mass is 405 g/mol. The number of guanidine groups is 1. The molecular formula is C23H39N3O3. The molecule has 6 heteroatoms. The first-order valence-electron chi connectivity index (χ1n) is 10.9. The minimum Gasteiger partial charge on any atom is -0.493 e. The lowest BCUT2D eigenvalue weighted by Gasteiger charge is -2.30. The molecule has 164 valence electrons. The SMILES string of the molecule is CCOCCC1(CNC(=NC)NCCCc2ccc(OC)c(OC)c2)CCCC1. The van der Waals surface area contributed by atoms with Crippen LogP contribution in [0.3, 0.4) is 0 Å². The molecule has 0 saturated heterocycles. The maximum absolute atomic E-state index is 5.62. The van der Waals surface area contributed by atoms with E-state index in [0.717, 1.165) is 63.0 Å². The third-order valence-corrected chi connectivity index (χ3v) is 5.88. The number of methoxy groups -OCH3 is 2. The van der Waals surface area contributed by atoms with Crippen molar-refractivity contribution in [1.29, 1.82) is 0 Å². The van der Waals surface area contributed by atoms with Crippen LogP contribution >= 0.6 is 0 Å². The Morgan fingerprint density at radius 2 is 1.86 bits per heavy atom. The zero-order valence-corrected chi connectivity index (χ0v) is 18.7. The Bertz CT molecular complexity index is 628. The summed E-state index contributed by atoms with van der Waals surface area (Å²) in [6.07, 6.45) is 8.33. The van der Waals surface area contributed by atoms with Gasteiger partial charge in [0.2, 0.25) is 0 Å². The average molecular weight is 406 g/mol. The number of ether oxygens (including phenoxy) is 3. The molecule has 2 N–H and O–H groups in total. The molecule has 1 aromatic rings. The van der Waals surface area contributed by atoms with Crippen molar-refractivity contribution in [3.05, 3.63) is 23.8 Å². The van der Waals surface area contributed by atoms with Crippen LogP contribution in [0.4, 0.5) is 0 Å². The fraction of sp³-hybridized carbons (Fsp3) is 0.696. The second kappa shape index (κ2) is 12.6. The van der Waals surface area contributed by atoms with Gasteiger partial charge in [-0.05, 0) is 62.1 Å². The molecule has 6 nitrogen and oxygen atoms in total. The smallest absolute Gasteiger partial charge is 0.190 e. The zero-order valence-electron chi connectivity index (χ0n) is 18.7. The van der Waals surface area contributed by atoms with Gasteiger partial charge in [0.1, 0.15) is 0 Å². The van der Waals surface area contributed by atoms with E-state index in [4.69, 9.17) is 14.2 Å². The van der Waals surface area contributed by atoms with Gasteiger partial charge in [-0.1, -0.05) is 18.9 Å². The highest BCUT2D eigenvalue weighted by Gasteiger charge is 2.33.